The van der Waals surface area contributed by atoms with E-state index < -0.39 is 5.97 Å². The van der Waals surface area contributed by atoms with E-state index >= 15 is 0 Å². The van der Waals surface area contributed by atoms with Crippen LogP contribution in [0.25, 0.3) is 16.9 Å². The van der Waals surface area contributed by atoms with Crippen molar-refractivity contribution in [1.82, 2.24) is 9.38 Å². The Morgan fingerprint density at radius 2 is 1.81 bits per heavy atom. The van der Waals surface area contributed by atoms with Gasteiger partial charge in [-0.1, -0.05) is 35.9 Å². The number of para-hydroxylation sites is 1. The highest BCUT2D eigenvalue weighted by Gasteiger charge is 2.19. The second-order valence-electron chi connectivity index (χ2n) is 7.78. The number of hydrogen-bond donors (Lipinski definition) is 2. The molecule has 1 atom stereocenters. The molecule has 0 saturated carbocycles. The summed E-state index contributed by atoms with van der Waals surface area (Å²) in [5.74, 6) is -1.01. The molecule has 6 nitrogen and oxygen atoms in total. The third-order valence-corrected chi connectivity index (χ3v) is 5.68. The molecule has 2 heterocycles. The molecule has 4 rings (SSSR count). The van der Waals surface area contributed by atoms with Crippen molar-refractivity contribution in [3.63, 3.8) is 0 Å². The van der Waals surface area contributed by atoms with Gasteiger partial charge in [0.15, 0.2) is 0 Å². The van der Waals surface area contributed by atoms with Crippen molar-refractivity contribution in [2.75, 3.05) is 5.32 Å². The predicted molar refractivity (Wildman–Crippen MR) is 127 cm³/mol. The average Bonchev–Trinajstić information content (AvgIpc) is 2.77. The first-order valence-electron chi connectivity index (χ1n) is 10.1. The van der Waals surface area contributed by atoms with Crippen LogP contribution >= 0.6 is 11.6 Å². The molecule has 0 unspecified atom stereocenters. The lowest BCUT2D eigenvalue weighted by Gasteiger charge is -2.20. The van der Waals surface area contributed by atoms with Gasteiger partial charge in [0.05, 0.1) is 17.3 Å². The van der Waals surface area contributed by atoms with Crippen molar-refractivity contribution < 1.29 is 9.90 Å². The number of aromatic nitrogens is 2. The van der Waals surface area contributed by atoms with E-state index in [2.05, 4.69) is 5.32 Å². The molecule has 162 valence electrons. The molecule has 0 saturated heterocycles. The Morgan fingerprint density at radius 3 is 2.50 bits per heavy atom. The molecule has 2 N–H and O–H groups in total. The van der Waals surface area contributed by atoms with Crippen molar-refractivity contribution in [1.29, 1.82) is 0 Å². The Kier molecular flexibility index (Phi) is 5.72. The number of rotatable bonds is 5. The molecule has 2 aromatic heterocycles. The van der Waals surface area contributed by atoms with Crippen LogP contribution in [0.15, 0.2) is 65.6 Å². The monoisotopic (exact) mass is 447 g/mol. The SMILES string of the molecule is Cc1cc([C@H](C)Nc2ccccc2C(=O)O)c2nc(-c3ccc(Cl)cc3)c(C)c(=O)n2c1. The number of aromatic carboxylic acids is 1. The van der Waals surface area contributed by atoms with Crippen LogP contribution < -0.4 is 10.9 Å². The van der Waals surface area contributed by atoms with Crippen molar-refractivity contribution in [3.05, 3.63) is 98.4 Å². The average molecular weight is 448 g/mol. The van der Waals surface area contributed by atoms with E-state index in [1.807, 2.05) is 32.0 Å². The fourth-order valence-electron chi connectivity index (χ4n) is 3.81. The molecule has 0 amide bonds. The number of aryl methyl sites for hydroxylation is 1. The molecule has 32 heavy (non-hydrogen) atoms. The van der Waals surface area contributed by atoms with Gasteiger partial charge in [-0.15, -0.1) is 0 Å². The van der Waals surface area contributed by atoms with Gasteiger partial charge in [-0.3, -0.25) is 9.20 Å². The number of carboxylic acids is 1. The van der Waals surface area contributed by atoms with E-state index in [9.17, 15) is 14.7 Å². The molecule has 2 aromatic carbocycles. The summed E-state index contributed by atoms with van der Waals surface area (Å²) in [6.45, 7) is 5.59. The highest BCUT2D eigenvalue weighted by Crippen LogP contribution is 2.28. The maximum absolute atomic E-state index is 13.2. The lowest BCUT2D eigenvalue weighted by molar-refractivity contribution is 0.0698. The van der Waals surface area contributed by atoms with Crippen LogP contribution in [0.4, 0.5) is 5.69 Å². The van der Waals surface area contributed by atoms with Crippen molar-refractivity contribution >= 4 is 28.9 Å². The Bertz CT molecular complexity index is 1390. The summed E-state index contributed by atoms with van der Waals surface area (Å²) in [4.78, 5) is 29.7. The lowest BCUT2D eigenvalue weighted by Crippen LogP contribution is -2.22. The minimum absolute atomic E-state index is 0.150. The number of benzene rings is 2. The maximum Gasteiger partial charge on any atom is 0.337 e. The normalized spacial score (nSPS) is 12.0. The third kappa shape index (κ3) is 3.97. The first-order valence-corrected chi connectivity index (χ1v) is 10.5. The van der Waals surface area contributed by atoms with E-state index in [-0.39, 0.29) is 17.2 Å². The molecular weight excluding hydrogens is 426 g/mol. The Labute approximate surface area is 190 Å². The van der Waals surface area contributed by atoms with Crippen LogP contribution in [0, 0.1) is 13.8 Å². The molecule has 0 radical (unpaired) electrons. The highest BCUT2D eigenvalue weighted by molar-refractivity contribution is 6.30. The number of pyridine rings is 1. The number of anilines is 1. The van der Waals surface area contributed by atoms with Gasteiger partial charge in [-0.05, 0) is 56.7 Å². The zero-order chi connectivity index (χ0) is 23.0. The molecule has 0 aliphatic heterocycles. The van der Waals surface area contributed by atoms with Gasteiger partial charge in [0, 0.05) is 33.6 Å². The molecule has 0 aliphatic rings. The molecule has 0 fully saturated rings. The van der Waals surface area contributed by atoms with E-state index in [0.29, 0.717) is 27.6 Å². The molecule has 0 bridgehead atoms. The summed E-state index contributed by atoms with van der Waals surface area (Å²) in [6.07, 6.45) is 1.77. The number of halogens is 1. The maximum atomic E-state index is 13.2. The van der Waals surface area contributed by atoms with E-state index in [4.69, 9.17) is 16.6 Å². The molecule has 7 heteroatoms. The van der Waals surface area contributed by atoms with Crippen LogP contribution in [0.5, 0.6) is 0 Å². The second-order valence-corrected chi connectivity index (χ2v) is 8.22. The zero-order valence-corrected chi connectivity index (χ0v) is 18.6. The smallest absolute Gasteiger partial charge is 0.337 e. The van der Waals surface area contributed by atoms with Gasteiger partial charge in [-0.2, -0.15) is 0 Å². The Morgan fingerprint density at radius 1 is 1.12 bits per heavy atom. The van der Waals surface area contributed by atoms with Crippen LogP contribution in [0.2, 0.25) is 5.02 Å². The van der Waals surface area contributed by atoms with E-state index in [1.165, 1.54) is 0 Å². The fraction of sp³-hybridized carbons (Fsp3) is 0.160. The van der Waals surface area contributed by atoms with Gasteiger partial charge in [-0.25, -0.2) is 9.78 Å². The molecular formula is C25H22ClN3O3. The summed E-state index contributed by atoms with van der Waals surface area (Å²) < 4.78 is 1.56. The second kappa shape index (κ2) is 8.48. The lowest BCUT2D eigenvalue weighted by atomic mass is 10.0. The van der Waals surface area contributed by atoms with Crippen LogP contribution in [0.1, 0.15) is 40.0 Å². The Balaban J connectivity index is 1.89. The Hall–Kier alpha value is -3.64. The minimum Gasteiger partial charge on any atom is -0.478 e. The van der Waals surface area contributed by atoms with Crippen LogP contribution in [0.3, 0.4) is 0 Å². The number of carbonyl (C=O) groups is 1. The van der Waals surface area contributed by atoms with Crippen molar-refractivity contribution in [2.45, 2.75) is 26.8 Å². The van der Waals surface area contributed by atoms with Crippen LogP contribution in [-0.2, 0) is 0 Å². The topological polar surface area (TPSA) is 83.7 Å². The molecule has 0 spiro atoms. The van der Waals surface area contributed by atoms with E-state index in [1.54, 1.807) is 53.9 Å². The largest absolute Gasteiger partial charge is 0.478 e. The quantitative estimate of drug-likeness (QED) is 0.422. The van der Waals surface area contributed by atoms with E-state index in [0.717, 1.165) is 16.7 Å². The summed E-state index contributed by atoms with van der Waals surface area (Å²) in [5, 5.41) is 13.4. The number of carboxylic acid groups (broad SMARTS) is 1. The number of fused-ring (bicyclic) bond motifs is 1. The van der Waals surface area contributed by atoms with Gasteiger partial charge < -0.3 is 10.4 Å². The molecule has 4 aromatic rings. The predicted octanol–water partition coefficient (Wildman–Crippen LogP) is 5.50. The highest BCUT2D eigenvalue weighted by atomic mass is 35.5. The van der Waals surface area contributed by atoms with Gasteiger partial charge in [0.1, 0.15) is 5.65 Å². The standard InChI is InChI=1S/C25H22ClN3O3/c1-14-12-20(16(3)27-21-7-5-4-6-19(21)25(31)32)23-28-22(15(2)24(30)29(23)13-14)17-8-10-18(26)11-9-17/h4-13,16,27H,1-3H3,(H,31,32)/t16-/m0/s1. The first kappa shape index (κ1) is 21.6. The number of nitrogens with one attached hydrogen (secondary N) is 1. The molecule has 0 aliphatic carbocycles. The summed E-state index contributed by atoms with van der Waals surface area (Å²) in [6, 6.07) is 15.6. The number of hydrogen-bond acceptors (Lipinski definition) is 4. The van der Waals surface area contributed by atoms with Crippen molar-refractivity contribution in [3.8, 4) is 11.3 Å². The number of nitrogens with zero attached hydrogens (tertiary/aromatic N) is 2. The van der Waals surface area contributed by atoms with Gasteiger partial charge >= 0.3 is 5.97 Å². The minimum atomic E-state index is -1.01. The van der Waals surface area contributed by atoms with Crippen LogP contribution in [-0.4, -0.2) is 20.5 Å². The summed E-state index contributed by atoms with van der Waals surface area (Å²) in [7, 11) is 0. The summed E-state index contributed by atoms with van der Waals surface area (Å²) in [5.41, 5.74) is 4.67. The third-order valence-electron chi connectivity index (χ3n) is 5.43. The zero-order valence-electron chi connectivity index (χ0n) is 17.9. The first-order chi connectivity index (χ1) is 15.3. The fourth-order valence-corrected chi connectivity index (χ4v) is 3.94. The van der Waals surface area contributed by atoms with Crippen molar-refractivity contribution in [2.24, 2.45) is 0 Å². The van der Waals surface area contributed by atoms with Gasteiger partial charge in [0.25, 0.3) is 5.56 Å². The summed E-state index contributed by atoms with van der Waals surface area (Å²) >= 11 is 6.03. The van der Waals surface area contributed by atoms with Gasteiger partial charge in [0.2, 0.25) is 0 Å².